The first-order chi connectivity index (χ1) is 13.1. The lowest BCUT2D eigenvalue weighted by Gasteiger charge is -2.20. The Morgan fingerprint density at radius 1 is 0.893 bits per heavy atom. The van der Waals surface area contributed by atoms with Crippen LogP contribution >= 0.6 is 0 Å². The van der Waals surface area contributed by atoms with Gasteiger partial charge in [0.1, 0.15) is 0 Å². The summed E-state index contributed by atoms with van der Waals surface area (Å²) in [7, 11) is 0. The lowest BCUT2D eigenvalue weighted by atomic mass is 9.84. The number of allylic oxidation sites excluding steroid dienone is 2. The highest BCUT2D eigenvalue weighted by Crippen LogP contribution is 2.76. The summed E-state index contributed by atoms with van der Waals surface area (Å²) in [4.78, 5) is 22.2. The van der Waals surface area contributed by atoms with Crippen LogP contribution in [0.1, 0.15) is 92.9 Å². The van der Waals surface area contributed by atoms with Gasteiger partial charge in [-0.3, -0.25) is 9.59 Å². The third-order valence-corrected chi connectivity index (χ3v) is 8.62. The molecular formula is C24H40O4. The van der Waals surface area contributed by atoms with E-state index < -0.39 is 11.9 Å². The van der Waals surface area contributed by atoms with Crippen molar-refractivity contribution in [3.63, 3.8) is 0 Å². The third-order valence-electron chi connectivity index (χ3n) is 8.62. The first-order valence-corrected chi connectivity index (χ1v) is 11.2. The largest absolute Gasteiger partial charge is 0.481 e. The maximum absolute atomic E-state index is 11.2. The standard InChI is InChI=1S/C12H18O2.C12H22O2/c1-12(2)9(10(12)11(13)14)7-8-5-3-4-6-8;1-5-11(6-2)9(10(13)14)12(11,7-3)8-4/h7,9-10H,3-6H2,1-2H3,(H,13,14);9H,5-8H2,1-4H3,(H,13,14). The summed E-state index contributed by atoms with van der Waals surface area (Å²) in [5, 5.41) is 18.3. The summed E-state index contributed by atoms with van der Waals surface area (Å²) in [6.07, 6.45) is 11.2. The minimum atomic E-state index is -0.630. The Morgan fingerprint density at radius 2 is 1.32 bits per heavy atom. The van der Waals surface area contributed by atoms with Crippen LogP contribution < -0.4 is 0 Å². The van der Waals surface area contributed by atoms with E-state index in [9.17, 15) is 14.7 Å². The number of hydrogen-bond acceptors (Lipinski definition) is 2. The summed E-state index contributed by atoms with van der Waals surface area (Å²) >= 11 is 0. The van der Waals surface area contributed by atoms with Crippen LogP contribution in [0.2, 0.25) is 0 Å². The van der Waals surface area contributed by atoms with Crippen molar-refractivity contribution in [2.75, 3.05) is 0 Å². The highest BCUT2D eigenvalue weighted by atomic mass is 16.4. The molecule has 160 valence electrons. The van der Waals surface area contributed by atoms with Gasteiger partial charge in [0.15, 0.2) is 0 Å². The van der Waals surface area contributed by atoms with E-state index >= 15 is 0 Å². The van der Waals surface area contributed by atoms with E-state index in [0.29, 0.717) is 0 Å². The molecule has 3 saturated carbocycles. The Hall–Kier alpha value is -1.32. The van der Waals surface area contributed by atoms with Crippen LogP contribution in [0.25, 0.3) is 0 Å². The maximum Gasteiger partial charge on any atom is 0.307 e. The molecule has 4 heteroatoms. The molecule has 28 heavy (non-hydrogen) atoms. The van der Waals surface area contributed by atoms with Gasteiger partial charge in [0.25, 0.3) is 0 Å². The molecule has 0 aromatic carbocycles. The number of carbonyl (C=O) groups is 2. The van der Waals surface area contributed by atoms with Crippen LogP contribution in [0.5, 0.6) is 0 Å². The fraction of sp³-hybridized carbons (Fsp3) is 0.833. The highest BCUT2D eigenvalue weighted by molar-refractivity contribution is 5.77. The van der Waals surface area contributed by atoms with Gasteiger partial charge in [-0.05, 0) is 73.5 Å². The van der Waals surface area contributed by atoms with Crippen LogP contribution in [-0.2, 0) is 9.59 Å². The van der Waals surface area contributed by atoms with Gasteiger partial charge in [-0.15, -0.1) is 0 Å². The Morgan fingerprint density at radius 3 is 1.57 bits per heavy atom. The Balaban J connectivity index is 0.000000200. The third kappa shape index (κ3) is 3.52. The van der Waals surface area contributed by atoms with Gasteiger partial charge in [0, 0.05) is 0 Å². The summed E-state index contributed by atoms with van der Waals surface area (Å²) in [5.74, 6) is -1.17. The molecule has 0 spiro atoms. The normalized spacial score (nSPS) is 28.9. The molecule has 0 aromatic rings. The van der Waals surface area contributed by atoms with Gasteiger partial charge in [-0.2, -0.15) is 0 Å². The van der Waals surface area contributed by atoms with Crippen LogP contribution in [-0.4, -0.2) is 22.2 Å². The van der Waals surface area contributed by atoms with Crippen molar-refractivity contribution in [3.05, 3.63) is 11.6 Å². The monoisotopic (exact) mass is 392 g/mol. The smallest absolute Gasteiger partial charge is 0.307 e. The lowest BCUT2D eigenvalue weighted by Crippen LogP contribution is -2.11. The molecule has 2 N–H and O–H groups in total. The first kappa shape index (κ1) is 23.0. The predicted molar refractivity (Wildman–Crippen MR) is 112 cm³/mol. The average Bonchev–Trinajstić information content (AvgIpc) is 3.28. The van der Waals surface area contributed by atoms with E-state index in [1.165, 1.54) is 31.3 Å². The fourth-order valence-corrected chi connectivity index (χ4v) is 6.65. The van der Waals surface area contributed by atoms with E-state index in [2.05, 4.69) is 47.6 Å². The topological polar surface area (TPSA) is 74.6 Å². The quantitative estimate of drug-likeness (QED) is 0.509. The number of carboxylic acid groups (broad SMARTS) is 2. The molecular weight excluding hydrogens is 352 g/mol. The predicted octanol–water partition coefficient (Wildman–Crippen LogP) is 6.16. The molecule has 2 atom stereocenters. The van der Waals surface area contributed by atoms with Crippen LogP contribution in [0, 0.1) is 34.0 Å². The van der Waals surface area contributed by atoms with E-state index in [1.54, 1.807) is 0 Å². The van der Waals surface area contributed by atoms with Gasteiger partial charge in [0.2, 0.25) is 0 Å². The summed E-state index contributed by atoms with van der Waals surface area (Å²) in [5.41, 5.74) is 1.65. The first-order valence-electron chi connectivity index (χ1n) is 11.2. The van der Waals surface area contributed by atoms with Crippen molar-refractivity contribution >= 4 is 11.9 Å². The SMILES string of the molecule is CC1(C)C(C=C2CCCC2)C1C(=O)O.CCC1(CC)C(C(=O)O)C1(CC)CC. The second kappa shape index (κ2) is 8.20. The van der Waals surface area contributed by atoms with Gasteiger partial charge < -0.3 is 10.2 Å². The van der Waals surface area contributed by atoms with E-state index in [0.717, 1.165) is 25.7 Å². The molecule has 2 unspecified atom stereocenters. The van der Waals surface area contributed by atoms with Gasteiger partial charge in [-0.1, -0.05) is 53.2 Å². The maximum atomic E-state index is 11.2. The van der Waals surface area contributed by atoms with Crippen molar-refractivity contribution in [2.24, 2.45) is 34.0 Å². The molecule has 3 rings (SSSR count). The molecule has 0 heterocycles. The second-order valence-electron chi connectivity index (χ2n) is 9.69. The number of carboxylic acids is 2. The summed E-state index contributed by atoms with van der Waals surface area (Å²) in [6.45, 7) is 12.6. The van der Waals surface area contributed by atoms with Gasteiger partial charge >= 0.3 is 11.9 Å². The van der Waals surface area contributed by atoms with Crippen molar-refractivity contribution in [1.82, 2.24) is 0 Å². The Kier molecular flexibility index (Phi) is 6.72. The number of rotatable bonds is 7. The number of hydrogen-bond donors (Lipinski definition) is 2. The van der Waals surface area contributed by atoms with Crippen molar-refractivity contribution in [2.45, 2.75) is 92.9 Å². The minimum Gasteiger partial charge on any atom is -0.481 e. The zero-order chi connectivity index (χ0) is 21.3. The lowest BCUT2D eigenvalue weighted by molar-refractivity contribution is -0.140. The second-order valence-corrected chi connectivity index (χ2v) is 9.69. The molecule has 0 saturated heterocycles. The van der Waals surface area contributed by atoms with E-state index in [-0.39, 0.29) is 34.0 Å². The molecule has 0 bridgehead atoms. The van der Waals surface area contributed by atoms with E-state index in [4.69, 9.17) is 5.11 Å². The van der Waals surface area contributed by atoms with Crippen LogP contribution in [0.3, 0.4) is 0 Å². The molecule has 0 aliphatic heterocycles. The van der Waals surface area contributed by atoms with E-state index in [1.807, 2.05) is 0 Å². The zero-order valence-corrected chi connectivity index (χ0v) is 18.7. The molecule has 0 radical (unpaired) electrons. The molecule has 0 amide bonds. The van der Waals surface area contributed by atoms with Gasteiger partial charge in [0.05, 0.1) is 11.8 Å². The Bertz CT molecular complexity index is 597. The zero-order valence-electron chi connectivity index (χ0n) is 18.7. The van der Waals surface area contributed by atoms with Gasteiger partial charge in [-0.25, -0.2) is 0 Å². The van der Waals surface area contributed by atoms with Crippen molar-refractivity contribution < 1.29 is 19.8 Å². The molecule has 0 aromatic heterocycles. The summed E-state index contributed by atoms with van der Waals surface area (Å²) in [6, 6.07) is 0. The van der Waals surface area contributed by atoms with Crippen molar-refractivity contribution in [1.29, 1.82) is 0 Å². The average molecular weight is 393 g/mol. The molecule has 3 aliphatic carbocycles. The number of aliphatic carboxylic acids is 2. The van der Waals surface area contributed by atoms with Crippen LogP contribution in [0.15, 0.2) is 11.6 Å². The minimum absolute atomic E-state index is 0.0125. The van der Waals surface area contributed by atoms with Crippen LogP contribution in [0.4, 0.5) is 0 Å². The summed E-state index contributed by atoms with van der Waals surface area (Å²) < 4.78 is 0. The molecule has 3 aliphatic rings. The molecule has 3 fully saturated rings. The highest BCUT2D eigenvalue weighted by Gasteiger charge is 2.74. The molecule has 4 nitrogen and oxygen atoms in total. The Labute approximate surface area is 170 Å². The van der Waals surface area contributed by atoms with Crippen molar-refractivity contribution in [3.8, 4) is 0 Å². The fourth-order valence-electron chi connectivity index (χ4n) is 6.65.